The van der Waals surface area contributed by atoms with Crippen LogP contribution < -0.4 is 0 Å². The molecule has 94 valence electrons. The molecule has 0 saturated heterocycles. The van der Waals surface area contributed by atoms with E-state index >= 15 is 0 Å². The standard InChI is InChI=1S/C13H13ClN2OS/c1-16(8-10-3-2-6-15-7-10)9-11(17)12-4-5-13(14)18-12/h2-7H,8-9H2,1H3. The molecule has 2 rings (SSSR count). The van der Waals surface area contributed by atoms with E-state index in [1.807, 2.05) is 30.3 Å². The van der Waals surface area contributed by atoms with Gasteiger partial charge in [-0.3, -0.25) is 14.7 Å². The minimum absolute atomic E-state index is 0.0956. The van der Waals surface area contributed by atoms with Gasteiger partial charge < -0.3 is 0 Å². The third-order valence-corrected chi connectivity index (χ3v) is 3.71. The van der Waals surface area contributed by atoms with Crippen LogP contribution in [0, 0.1) is 0 Å². The molecule has 0 aromatic carbocycles. The number of aromatic nitrogens is 1. The van der Waals surface area contributed by atoms with Gasteiger partial charge in [-0.25, -0.2) is 0 Å². The second-order valence-electron chi connectivity index (χ2n) is 4.06. The van der Waals surface area contributed by atoms with Crippen molar-refractivity contribution in [2.45, 2.75) is 6.54 Å². The van der Waals surface area contributed by atoms with Crippen molar-refractivity contribution < 1.29 is 4.79 Å². The normalized spacial score (nSPS) is 10.8. The fourth-order valence-corrected chi connectivity index (χ4v) is 2.62. The fraction of sp³-hybridized carbons (Fsp3) is 0.231. The maximum absolute atomic E-state index is 12.0. The molecule has 0 aliphatic heterocycles. The predicted molar refractivity (Wildman–Crippen MR) is 74.2 cm³/mol. The van der Waals surface area contributed by atoms with Gasteiger partial charge in [0.15, 0.2) is 5.78 Å². The lowest BCUT2D eigenvalue weighted by molar-refractivity contribution is 0.0947. The monoisotopic (exact) mass is 280 g/mol. The lowest BCUT2D eigenvalue weighted by Crippen LogP contribution is -2.25. The van der Waals surface area contributed by atoms with E-state index in [4.69, 9.17) is 11.6 Å². The van der Waals surface area contributed by atoms with Crippen LogP contribution in [0.5, 0.6) is 0 Å². The molecule has 0 atom stereocenters. The summed E-state index contributed by atoms with van der Waals surface area (Å²) >= 11 is 7.14. The lowest BCUT2D eigenvalue weighted by Gasteiger charge is -2.14. The predicted octanol–water partition coefficient (Wildman–Crippen LogP) is 3.11. The Morgan fingerprint density at radius 1 is 1.44 bits per heavy atom. The van der Waals surface area contributed by atoms with E-state index in [9.17, 15) is 4.79 Å². The summed E-state index contributed by atoms with van der Waals surface area (Å²) in [5, 5.41) is 0. The first-order valence-corrected chi connectivity index (χ1v) is 6.70. The van der Waals surface area contributed by atoms with Crippen LogP contribution in [0.25, 0.3) is 0 Å². The summed E-state index contributed by atoms with van der Waals surface area (Å²) in [7, 11) is 1.92. The van der Waals surface area contributed by atoms with Crippen molar-refractivity contribution >= 4 is 28.7 Å². The molecule has 0 spiro atoms. The molecule has 5 heteroatoms. The largest absolute Gasteiger partial charge is 0.294 e. The van der Waals surface area contributed by atoms with Crippen molar-refractivity contribution in [1.82, 2.24) is 9.88 Å². The molecule has 0 unspecified atom stereocenters. The van der Waals surface area contributed by atoms with Gasteiger partial charge in [0, 0.05) is 18.9 Å². The van der Waals surface area contributed by atoms with Crippen LogP contribution in [0.4, 0.5) is 0 Å². The van der Waals surface area contributed by atoms with E-state index < -0.39 is 0 Å². The fourth-order valence-electron chi connectivity index (χ4n) is 1.65. The molecule has 0 radical (unpaired) electrons. The number of pyridine rings is 1. The molecule has 0 amide bonds. The quantitative estimate of drug-likeness (QED) is 0.789. The molecule has 2 heterocycles. The molecular formula is C13H13ClN2OS. The highest BCUT2D eigenvalue weighted by molar-refractivity contribution is 7.18. The number of carbonyl (C=O) groups is 1. The molecule has 0 saturated carbocycles. The van der Waals surface area contributed by atoms with Gasteiger partial charge in [-0.1, -0.05) is 17.7 Å². The molecule has 0 fully saturated rings. The van der Waals surface area contributed by atoms with E-state index in [0.717, 1.165) is 5.56 Å². The van der Waals surface area contributed by atoms with Gasteiger partial charge >= 0.3 is 0 Å². The molecule has 0 N–H and O–H groups in total. The maximum atomic E-state index is 12.0. The van der Waals surface area contributed by atoms with Crippen molar-refractivity contribution in [2.24, 2.45) is 0 Å². The molecule has 2 aromatic rings. The maximum Gasteiger partial charge on any atom is 0.186 e. The Bertz CT molecular complexity index is 527. The molecule has 0 aliphatic carbocycles. The Morgan fingerprint density at radius 3 is 2.89 bits per heavy atom. The van der Waals surface area contributed by atoms with Gasteiger partial charge in [-0.05, 0) is 30.8 Å². The number of likely N-dealkylation sites (N-methyl/N-ethyl adjacent to an activating group) is 1. The highest BCUT2D eigenvalue weighted by atomic mass is 35.5. The highest BCUT2D eigenvalue weighted by Gasteiger charge is 2.11. The average molecular weight is 281 g/mol. The van der Waals surface area contributed by atoms with Gasteiger partial charge in [0.25, 0.3) is 0 Å². The summed E-state index contributed by atoms with van der Waals surface area (Å²) < 4.78 is 0.647. The first kappa shape index (κ1) is 13.2. The van der Waals surface area contributed by atoms with E-state index in [1.54, 1.807) is 18.3 Å². The van der Waals surface area contributed by atoms with Gasteiger partial charge in [-0.15, -0.1) is 11.3 Å². The zero-order valence-corrected chi connectivity index (χ0v) is 11.5. The van der Waals surface area contributed by atoms with Crippen molar-refractivity contribution in [2.75, 3.05) is 13.6 Å². The minimum atomic E-state index is 0.0956. The number of nitrogens with zero attached hydrogens (tertiary/aromatic N) is 2. The Balaban J connectivity index is 1.92. The summed E-state index contributed by atoms with van der Waals surface area (Å²) in [6.07, 6.45) is 3.55. The third-order valence-electron chi connectivity index (χ3n) is 2.44. The number of rotatable bonds is 5. The third kappa shape index (κ3) is 3.63. The molecule has 18 heavy (non-hydrogen) atoms. The first-order chi connectivity index (χ1) is 8.65. The number of hydrogen-bond donors (Lipinski definition) is 0. The molecule has 2 aromatic heterocycles. The van der Waals surface area contributed by atoms with Crippen LogP contribution in [0.2, 0.25) is 4.34 Å². The van der Waals surface area contributed by atoms with E-state index in [0.29, 0.717) is 22.3 Å². The van der Waals surface area contributed by atoms with Crippen LogP contribution in [0.3, 0.4) is 0 Å². The molecule has 3 nitrogen and oxygen atoms in total. The van der Waals surface area contributed by atoms with Gasteiger partial charge in [0.2, 0.25) is 0 Å². The SMILES string of the molecule is CN(CC(=O)c1ccc(Cl)s1)Cc1cccnc1. The topological polar surface area (TPSA) is 33.2 Å². The van der Waals surface area contributed by atoms with Gasteiger partial charge in [0.1, 0.15) is 0 Å². The number of ketones is 1. The number of thiophene rings is 1. The number of halogens is 1. The second kappa shape index (κ2) is 6.09. The Kier molecular flexibility index (Phi) is 4.47. The van der Waals surface area contributed by atoms with E-state index in [1.165, 1.54) is 11.3 Å². The Hall–Kier alpha value is -1.23. The van der Waals surface area contributed by atoms with Crippen molar-refractivity contribution in [3.63, 3.8) is 0 Å². The number of Topliss-reactive ketones (excluding diaryl/α,β-unsaturated/α-hetero) is 1. The second-order valence-corrected chi connectivity index (χ2v) is 5.78. The van der Waals surface area contributed by atoms with Crippen molar-refractivity contribution in [3.8, 4) is 0 Å². The number of hydrogen-bond acceptors (Lipinski definition) is 4. The Morgan fingerprint density at radius 2 is 2.28 bits per heavy atom. The van der Waals surface area contributed by atoms with Crippen LogP contribution in [-0.4, -0.2) is 29.3 Å². The summed E-state index contributed by atoms with van der Waals surface area (Å²) in [4.78, 5) is 18.7. The Labute approximate surface area is 115 Å². The van der Waals surface area contributed by atoms with Crippen molar-refractivity contribution in [1.29, 1.82) is 0 Å². The van der Waals surface area contributed by atoms with E-state index in [-0.39, 0.29) is 5.78 Å². The summed E-state index contributed by atoms with van der Waals surface area (Å²) in [6.45, 7) is 1.09. The summed E-state index contributed by atoms with van der Waals surface area (Å²) in [5.41, 5.74) is 1.09. The zero-order chi connectivity index (χ0) is 13.0. The lowest BCUT2D eigenvalue weighted by atomic mass is 10.2. The molecule has 0 aliphatic rings. The first-order valence-electron chi connectivity index (χ1n) is 5.51. The van der Waals surface area contributed by atoms with Crippen LogP contribution >= 0.6 is 22.9 Å². The van der Waals surface area contributed by atoms with Crippen LogP contribution in [0.1, 0.15) is 15.2 Å². The van der Waals surface area contributed by atoms with Crippen LogP contribution in [0.15, 0.2) is 36.7 Å². The average Bonchev–Trinajstić information content (AvgIpc) is 2.77. The summed E-state index contributed by atoms with van der Waals surface area (Å²) in [6, 6.07) is 7.41. The van der Waals surface area contributed by atoms with Gasteiger partial charge in [0.05, 0.1) is 15.8 Å². The highest BCUT2D eigenvalue weighted by Crippen LogP contribution is 2.21. The van der Waals surface area contributed by atoms with Gasteiger partial charge in [-0.2, -0.15) is 0 Å². The number of carbonyl (C=O) groups excluding carboxylic acids is 1. The zero-order valence-electron chi connectivity index (χ0n) is 9.97. The minimum Gasteiger partial charge on any atom is -0.294 e. The molecule has 0 bridgehead atoms. The van der Waals surface area contributed by atoms with Crippen molar-refractivity contribution in [3.05, 3.63) is 51.4 Å². The smallest absolute Gasteiger partial charge is 0.186 e. The molecular weight excluding hydrogens is 268 g/mol. The van der Waals surface area contributed by atoms with Crippen LogP contribution in [-0.2, 0) is 6.54 Å². The van der Waals surface area contributed by atoms with E-state index in [2.05, 4.69) is 4.98 Å². The summed E-state index contributed by atoms with van der Waals surface area (Å²) in [5.74, 6) is 0.0956.